The van der Waals surface area contributed by atoms with E-state index in [1.807, 2.05) is 0 Å². The minimum Gasteiger partial charge on any atom is -0.303 e. The molecule has 0 aromatic rings. The molecular formula is C15H28O. The van der Waals surface area contributed by atoms with Crippen molar-refractivity contribution in [1.29, 1.82) is 0 Å². The summed E-state index contributed by atoms with van der Waals surface area (Å²) >= 11 is 0. The van der Waals surface area contributed by atoms with Gasteiger partial charge in [-0.05, 0) is 32.1 Å². The van der Waals surface area contributed by atoms with Crippen LogP contribution in [0.3, 0.4) is 0 Å². The molecule has 0 amide bonds. The number of unbranched alkanes of at least 4 members (excludes halogenated alkanes) is 9. The van der Waals surface area contributed by atoms with Gasteiger partial charge in [0.05, 0.1) is 0 Å². The van der Waals surface area contributed by atoms with Crippen LogP contribution in [0.15, 0.2) is 12.2 Å². The lowest BCUT2D eigenvalue weighted by molar-refractivity contribution is -0.107. The lowest BCUT2D eigenvalue weighted by atomic mass is 10.1. The SMILES string of the molecule is CCCCCCCC/C=C/CCCCC=O. The molecule has 0 rings (SSSR count). The van der Waals surface area contributed by atoms with Gasteiger partial charge in [-0.2, -0.15) is 0 Å². The molecule has 0 aromatic carbocycles. The molecule has 0 saturated heterocycles. The summed E-state index contributed by atoms with van der Waals surface area (Å²) < 4.78 is 0. The van der Waals surface area contributed by atoms with Crippen LogP contribution in [-0.2, 0) is 4.79 Å². The van der Waals surface area contributed by atoms with Crippen LogP contribution >= 0.6 is 0 Å². The van der Waals surface area contributed by atoms with E-state index in [4.69, 9.17) is 0 Å². The van der Waals surface area contributed by atoms with Crippen LogP contribution in [0.4, 0.5) is 0 Å². The summed E-state index contributed by atoms with van der Waals surface area (Å²) in [6, 6.07) is 0. The number of carbonyl (C=O) groups is 1. The Bertz CT molecular complexity index is 161. The predicted molar refractivity (Wildman–Crippen MR) is 71.7 cm³/mol. The van der Waals surface area contributed by atoms with Gasteiger partial charge in [0.25, 0.3) is 0 Å². The van der Waals surface area contributed by atoms with Crippen molar-refractivity contribution < 1.29 is 4.79 Å². The van der Waals surface area contributed by atoms with Crippen LogP contribution in [0, 0.1) is 0 Å². The van der Waals surface area contributed by atoms with Crippen molar-refractivity contribution in [2.45, 2.75) is 77.6 Å². The summed E-state index contributed by atoms with van der Waals surface area (Å²) in [5, 5.41) is 0. The Labute approximate surface area is 101 Å². The molecular weight excluding hydrogens is 196 g/mol. The van der Waals surface area contributed by atoms with Crippen LogP contribution in [-0.4, -0.2) is 6.29 Å². The average molecular weight is 224 g/mol. The van der Waals surface area contributed by atoms with Crippen molar-refractivity contribution in [3.05, 3.63) is 12.2 Å². The summed E-state index contributed by atoms with van der Waals surface area (Å²) in [6.45, 7) is 2.26. The van der Waals surface area contributed by atoms with Crippen LogP contribution in [0.1, 0.15) is 77.6 Å². The summed E-state index contributed by atoms with van der Waals surface area (Å²) in [5.74, 6) is 0. The van der Waals surface area contributed by atoms with E-state index in [2.05, 4.69) is 19.1 Å². The summed E-state index contributed by atoms with van der Waals surface area (Å²) in [6.07, 6.45) is 19.2. The molecule has 0 N–H and O–H groups in total. The zero-order valence-electron chi connectivity index (χ0n) is 10.9. The van der Waals surface area contributed by atoms with Crippen molar-refractivity contribution >= 4 is 6.29 Å². The molecule has 1 heteroatoms. The van der Waals surface area contributed by atoms with E-state index in [0.29, 0.717) is 0 Å². The molecule has 0 bridgehead atoms. The molecule has 0 aliphatic heterocycles. The van der Waals surface area contributed by atoms with Crippen molar-refractivity contribution in [2.75, 3.05) is 0 Å². The second-order valence-corrected chi connectivity index (χ2v) is 4.48. The van der Waals surface area contributed by atoms with Gasteiger partial charge in [0.2, 0.25) is 0 Å². The van der Waals surface area contributed by atoms with Gasteiger partial charge in [-0.1, -0.05) is 51.2 Å². The van der Waals surface area contributed by atoms with Crippen molar-refractivity contribution in [2.24, 2.45) is 0 Å². The summed E-state index contributed by atoms with van der Waals surface area (Å²) in [4.78, 5) is 10.1. The maximum Gasteiger partial charge on any atom is 0.119 e. The molecule has 0 aromatic heterocycles. The number of aldehydes is 1. The van der Waals surface area contributed by atoms with Gasteiger partial charge < -0.3 is 4.79 Å². The normalized spacial score (nSPS) is 11.1. The monoisotopic (exact) mass is 224 g/mol. The topological polar surface area (TPSA) is 17.1 Å². The first-order valence-corrected chi connectivity index (χ1v) is 7.00. The third-order valence-corrected chi connectivity index (χ3v) is 2.83. The maximum absolute atomic E-state index is 10.1. The predicted octanol–water partition coefficient (Wildman–Crippen LogP) is 5.05. The first kappa shape index (κ1) is 15.4. The van der Waals surface area contributed by atoms with E-state index in [0.717, 1.165) is 32.0 Å². The fraction of sp³-hybridized carbons (Fsp3) is 0.800. The van der Waals surface area contributed by atoms with E-state index < -0.39 is 0 Å². The first-order chi connectivity index (χ1) is 7.91. The molecule has 0 spiro atoms. The lowest BCUT2D eigenvalue weighted by Gasteiger charge is -1.97. The molecule has 16 heavy (non-hydrogen) atoms. The van der Waals surface area contributed by atoms with E-state index >= 15 is 0 Å². The number of hydrogen-bond donors (Lipinski definition) is 0. The Kier molecular flexibility index (Phi) is 13.9. The Balaban J connectivity index is 3.00. The number of allylic oxidation sites excluding steroid dienone is 2. The summed E-state index contributed by atoms with van der Waals surface area (Å²) in [5.41, 5.74) is 0. The lowest BCUT2D eigenvalue weighted by Crippen LogP contribution is -1.78. The highest BCUT2D eigenvalue weighted by Gasteiger charge is 1.88. The van der Waals surface area contributed by atoms with E-state index in [-0.39, 0.29) is 0 Å². The van der Waals surface area contributed by atoms with Crippen molar-refractivity contribution in [1.82, 2.24) is 0 Å². The Morgan fingerprint density at radius 2 is 1.19 bits per heavy atom. The van der Waals surface area contributed by atoms with Gasteiger partial charge in [0, 0.05) is 6.42 Å². The third kappa shape index (κ3) is 13.4. The molecule has 94 valence electrons. The van der Waals surface area contributed by atoms with Crippen molar-refractivity contribution in [3.63, 3.8) is 0 Å². The molecule has 0 atom stereocenters. The minimum atomic E-state index is 0.727. The van der Waals surface area contributed by atoms with Gasteiger partial charge in [0.15, 0.2) is 0 Å². The van der Waals surface area contributed by atoms with Crippen molar-refractivity contribution in [3.8, 4) is 0 Å². The molecule has 0 fully saturated rings. The number of hydrogen-bond acceptors (Lipinski definition) is 1. The second kappa shape index (κ2) is 14.4. The Hall–Kier alpha value is -0.590. The molecule has 0 radical (unpaired) electrons. The standard InChI is InChI=1S/C15H28O/c1-2-3-4-5-6-7-8-9-10-11-12-13-14-15-16/h9-10,15H,2-8,11-14H2,1H3/b10-9+. The van der Waals surface area contributed by atoms with E-state index in [1.54, 1.807) is 0 Å². The smallest absolute Gasteiger partial charge is 0.119 e. The maximum atomic E-state index is 10.1. The van der Waals surface area contributed by atoms with Gasteiger partial charge in [0.1, 0.15) is 6.29 Å². The van der Waals surface area contributed by atoms with Gasteiger partial charge in [-0.25, -0.2) is 0 Å². The third-order valence-electron chi connectivity index (χ3n) is 2.83. The molecule has 0 heterocycles. The Morgan fingerprint density at radius 3 is 1.81 bits per heavy atom. The van der Waals surface area contributed by atoms with Gasteiger partial charge in [-0.3, -0.25) is 0 Å². The van der Waals surface area contributed by atoms with Crippen LogP contribution in [0.2, 0.25) is 0 Å². The van der Waals surface area contributed by atoms with Crippen LogP contribution < -0.4 is 0 Å². The highest BCUT2D eigenvalue weighted by molar-refractivity contribution is 5.48. The highest BCUT2D eigenvalue weighted by atomic mass is 16.1. The number of carbonyl (C=O) groups excluding carboxylic acids is 1. The van der Waals surface area contributed by atoms with E-state index in [9.17, 15) is 4.79 Å². The summed E-state index contributed by atoms with van der Waals surface area (Å²) in [7, 11) is 0. The zero-order chi connectivity index (χ0) is 11.9. The average Bonchev–Trinajstić information content (AvgIpc) is 2.31. The molecule has 0 saturated carbocycles. The van der Waals surface area contributed by atoms with Crippen LogP contribution in [0.25, 0.3) is 0 Å². The quantitative estimate of drug-likeness (QED) is 0.257. The zero-order valence-corrected chi connectivity index (χ0v) is 10.9. The fourth-order valence-corrected chi connectivity index (χ4v) is 1.77. The number of rotatable bonds is 12. The molecule has 0 aliphatic carbocycles. The molecule has 1 nitrogen and oxygen atoms in total. The minimum absolute atomic E-state index is 0.727. The van der Waals surface area contributed by atoms with Crippen LogP contribution in [0.5, 0.6) is 0 Å². The Morgan fingerprint density at radius 1 is 0.688 bits per heavy atom. The van der Waals surface area contributed by atoms with Gasteiger partial charge >= 0.3 is 0 Å². The fourth-order valence-electron chi connectivity index (χ4n) is 1.77. The molecule has 0 unspecified atom stereocenters. The largest absolute Gasteiger partial charge is 0.303 e. The second-order valence-electron chi connectivity index (χ2n) is 4.48. The van der Waals surface area contributed by atoms with Gasteiger partial charge in [-0.15, -0.1) is 0 Å². The highest BCUT2D eigenvalue weighted by Crippen LogP contribution is 2.07. The molecule has 0 aliphatic rings. The first-order valence-electron chi connectivity index (χ1n) is 7.00. The van der Waals surface area contributed by atoms with E-state index in [1.165, 1.54) is 44.9 Å².